The number of ether oxygens (including phenoxy) is 1. The summed E-state index contributed by atoms with van der Waals surface area (Å²) in [6, 6.07) is 16.3. The quantitative estimate of drug-likeness (QED) is 0.895. The molecule has 2 N–H and O–H groups in total. The van der Waals surface area contributed by atoms with E-state index in [1.54, 1.807) is 0 Å². The van der Waals surface area contributed by atoms with Crippen LogP contribution in [0.15, 0.2) is 48.5 Å². The fourth-order valence-electron chi connectivity index (χ4n) is 2.62. The van der Waals surface area contributed by atoms with Gasteiger partial charge in [0.1, 0.15) is 11.5 Å². The molecule has 20 heavy (non-hydrogen) atoms. The van der Waals surface area contributed by atoms with Crippen molar-refractivity contribution >= 4 is 0 Å². The van der Waals surface area contributed by atoms with Gasteiger partial charge in [0, 0.05) is 17.2 Å². The van der Waals surface area contributed by atoms with Crippen molar-refractivity contribution in [1.82, 2.24) is 5.32 Å². The Kier molecular flexibility index (Phi) is 3.72. The Morgan fingerprint density at radius 1 is 1.05 bits per heavy atom. The molecule has 0 saturated carbocycles. The van der Waals surface area contributed by atoms with E-state index in [1.807, 2.05) is 36.4 Å². The Morgan fingerprint density at radius 2 is 1.60 bits per heavy atom. The summed E-state index contributed by atoms with van der Waals surface area (Å²) in [7, 11) is 0. The van der Waals surface area contributed by atoms with Crippen LogP contribution in [0, 0.1) is 0 Å². The summed E-state index contributed by atoms with van der Waals surface area (Å²) in [4.78, 5) is 0. The highest BCUT2D eigenvalue weighted by atomic mass is 16.5. The van der Waals surface area contributed by atoms with E-state index >= 15 is 0 Å². The Hall–Kier alpha value is -1.84. The lowest BCUT2D eigenvalue weighted by Crippen LogP contribution is -2.36. The number of hydrogen-bond acceptors (Lipinski definition) is 3. The predicted molar refractivity (Wildman–Crippen MR) is 79.1 cm³/mol. The maximum Gasteiger partial charge on any atom is 0.132 e. The lowest BCUT2D eigenvalue weighted by Gasteiger charge is -2.31. The molecule has 1 aliphatic rings. The minimum Gasteiger partial charge on any atom is -0.457 e. The zero-order valence-electron chi connectivity index (χ0n) is 11.5. The van der Waals surface area contributed by atoms with Crippen LogP contribution in [0.5, 0.6) is 11.5 Å². The number of benzene rings is 2. The topological polar surface area (TPSA) is 41.5 Å². The maximum atomic E-state index is 9.46. The number of fused-ring (bicyclic) bond motifs is 2. The fraction of sp³-hybridized carbons (Fsp3) is 0.294. The van der Waals surface area contributed by atoms with E-state index in [1.165, 1.54) is 0 Å². The molecule has 3 heteroatoms. The summed E-state index contributed by atoms with van der Waals surface area (Å²) < 4.78 is 5.95. The SMILES string of the molecule is CCC(CO)NC1c2ccccc2Oc2ccccc21. The number of aliphatic hydroxyl groups excluding tert-OH is 1. The lowest BCUT2D eigenvalue weighted by atomic mass is 9.93. The van der Waals surface area contributed by atoms with E-state index in [0.29, 0.717) is 0 Å². The minimum absolute atomic E-state index is 0.0632. The van der Waals surface area contributed by atoms with Gasteiger partial charge in [-0.15, -0.1) is 0 Å². The van der Waals surface area contributed by atoms with Crippen LogP contribution in [0.3, 0.4) is 0 Å². The van der Waals surface area contributed by atoms with E-state index in [-0.39, 0.29) is 18.7 Å². The summed E-state index contributed by atoms with van der Waals surface area (Å²) >= 11 is 0. The van der Waals surface area contributed by atoms with Crippen molar-refractivity contribution in [3.8, 4) is 11.5 Å². The van der Waals surface area contributed by atoms with Gasteiger partial charge in [-0.2, -0.15) is 0 Å². The molecule has 0 fully saturated rings. The first-order valence-corrected chi connectivity index (χ1v) is 7.06. The third kappa shape index (κ3) is 2.30. The van der Waals surface area contributed by atoms with Gasteiger partial charge in [0.15, 0.2) is 0 Å². The highest BCUT2D eigenvalue weighted by molar-refractivity contribution is 5.52. The summed E-state index contributed by atoms with van der Waals surface area (Å²) in [5.74, 6) is 1.77. The number of nitrogens with one attached hydrogen (secondary N) is 1. The van der Waals surface area contributed by atoms with Gasteiger partial charge in [0.05, 0.1) is 12.6 Å². The second-order valence-electron chi connectivity index (χ2n) is 5.07. The van der Waals surface area contributed by atoms with Crippen molar-refractivity contribution < 1.29 is 9.84 Å². The first-order chi connectivity index (χ1) is 9.83. The van der Waals surface area contributed by atoms with E-state index in [9.17, 15) is 5.11 Å². The van der Waals surface area contributed by atoms with E-state index in [4.69, 9.17) is 4.74 Å². The standard InChI is InChI=1S/C17H19NO2/c1-2-12(11-19)18-17-13-7-3-5-9-15(13)20-16-10-6-4-8-14(16)17/h3-10,12,17-19H,2,11H2,1H3. The molecule has 1 aliphatic heterocycles. The smallest absolute Gasteiger partial charge is 0.132 e. The molecular formula is C17H19NO2. The van der Waals surface area contributed by atoms with Gasteiger partial charge in [-0.05, 0) is 18.6 Å². The number of para-hydroxylation sites is 2. The summed E-state index contributed by atoms with van der Waals surface area (Å²) in [5, 5.41) is 13.0. The molecule has 0 bridgehead atoms. The van der Waals surface area contributed by atoms with E-state index in [2.05, 4.69) is 24.4 Å². The number of hydrogen-bond donors (Lipinski definition) is 2. The van der Waals surface area contributed by atoms with Gasteiger partial charge in [0.25, 0.3) is 0 Å². The van der Waals surface area contributed by atoms with Crippen LogP contribution in [0.25, 0.3) is 0 Å². The van der Waals surface area contributed by atoms with Gasteiger partial charge in [-0.1, -0.05) is 43.3 Å². The molecule has 3 nitrogen and oxygen atoms in total. The molecule has 0 aromatic heterocycles. The van der Waals surface area contributed by atoms with Crippen LogP contribution in [0.2, 0.25) is 0 Å². The van der Waals surface area contributed by atoms with Gasteiger partial charge in [-0.25, -0.2) is 0 Å². The Balaban J connectivity index is 2.03. The molecule has 0 radical (unpaired) electrons. The van der Waals surface area contributed by atoms with E-state index < -0.39 is 0 Å². The van der Waals surface area contributed by atoms with Gasteiger partial charge >= 0.3 is 0 Å². The largest absolute Gasteiger partial charge is 0.457 e. The summed E-state index contributed by atoms with van der Waals surface area (Å²) in [5.41, 5.74) is 2.25. The summed E-state index contributed by atoms with van der Waals surface area (Å²) in [6.45, 7) is 2.21. The van der Waals surface area contributed by atoms with Crippen LogP contribution in [0.1, 0.15) is 30.5 Å². The lowest BCUT2D eigenvalue weighted by molar-refractivity contribution is 0.230. The Labute approximate surface area is 119 Å². The second-order valence-corrected chi connectivity index (χ2v) is 5.07. The number of rotatable bonds is 4. The highest BCUT2D eigenvalue weighted by Gasteiger charge is 2.27. The molecule has 0 spiro atoms. The molecule has 2 aromatic rings. The zero-order chi connectivity index (χ0) is 13.9. The molecule has 104 valence electrons. The molecule has 0 aliphatic carbocycles. The minimum atomic E-state index is 0.0632. The van der Waals surface area contributed by atoms with E-state index in [0.717, 1.165) is 29.0 Å². The molecule has 1 atom stereocenters. The monoisotopic (exact) mass is 269 g/mol. The Morgan fingerprint density at radius 3 is 2.10 bits per heavy atom. The van der Waals surface area contributed by atoms with Crippen LogP contribution in [-0.2, 0) is 0 Å². The zero-order valence-corrected chi connectivity index (χ0v) is 11.5. The first kappa shape index (κ1) is 13.2. The average molecular weight is 269 g/mol. The van der Waals surface area contributed by atoms with Crippen molar-refractivity contribution in [2.24, 2.45) is 0 Å². The highest BCUT2D eigenvalue weighted by Crippen LogP contribution is 2.42. The van der Waals surface area contributed by atoms with Crippen LogP contribution in [0.4, 0.5) is 0 Å². The average Bonchev–Trinajstić information content (AvgIpc) is 2.51. The molecule has 3 rings (SSSR count). The second kappa shape index (κ2) is 5.65. The fourth-order valence-corrected chi connectivity index (χ4v) is 2.62. The normalized spacial score (nSPS) is 15.1. The predicted octanol–water partition coefficient (Wildman–Crippen LogP) is 3.24. The van der Waals surface area contributed by atoms with Crippen molar-refractivity contribution in [2.45, 2.75) is 25.4 Å². The summed E-state index contributed by atoms with van der Waals surface area (Å²) in [6.07, 6.45) is 0.887. The molecule has 0 saturated heterocycles. The first-order valence-electron chi connectivity index (χ1n) is 7.06. The van der Waals surface area contributed by atoms with Crippen molar-refractivity contribution in [3.05, 3.63) is 59.7 Å². The molecular weight excluding hydrogens is 250 g/mol. The van der Waals surface area contributed by atoms with Crippen LogP contribution >= 0.6 is 0 Å². The molecule has 2 aromatic carbocycles. The maximum absolute atomic E-state index is 9.46. The molecule has 1 heterocycles. The molecule has 1 unspecified atom stereocenters. The van der Waals surface area contributed by atoms with Crippen molar-refractivity contribution in [1.29, 1.82) is 0 Å². The van der Waals surface area contributed by atoms with Gasteiger partial charge < -0.3 is 15.2 Å². The van der Waals surface area contributed by atoms with Crippen molar-refractivity contribution in [2.75, 3.05) is 6.61 Å². The molecule has 0 amide bonds. The van der Waals surface area contributed by atoms with Crippen LogP contribution < -0.4 is 10.1 Å². The van der Waals surface area contributed by atoms with Gasteiger partial charge in [-0.3, -0.25) is 0 Å². The Bertz CT molecular complexity index is 548. The third-order valence-electron chi connectivity index (χ3n) is 3.80. The number of aliphatic hydroxyl groups is 1. The van der Waals surface area contributed by atoms with Crippen LogP contribution in [-0.4, -0.2) is 17.8 Å². The third-order valence-corrected chi connectivity index (χ3v) is 3.80. The van der Waals surface area contributed by atoms with Crippen molar-refractivity contribution in [3.63, 3.8) is 0 Å². The van der Waals surface area contributed by atoms with Gasteiger partial charge in [0.2, 0.25) is 0 Å².